The molecule has 0 aromatic carbocycles. The highest BCUT2D eigenvalue weighted by Gasteiger charge is 2.08. The highest BCUT2D eigenvalue weighted by molar-refractivity contribution is 9.10. The van der Waals surface area contributed by atoms with Crippen molar-refractivity contribution in [2.75, 3.05) is 6.61 Å². The molecule has 0 unspecified atom stereocenters. The van der Waals surface area contributed by atoms with E-state index < -0.39 is 0 Å². The van der Waals surface area contributed by atoms with Gasteiger partial charge in [-0.2, -0.15) is 0 Å². The Bertz CT molecular complexity index is 328. The molecule has 4 heteroatoms. The summed E-state index contributed by atoms with van der Waals surface area (Å²) in [6, 6.07) is 5.18. The van der Waals surface area contributed by atoms with Crippen LogP contribution in [0.3, 0.4) is 0 Å². The highest BCUT2D eigenvalue weighted by Crippen LogP contribution is 2.07. The number of hydrogen-bond acceptors (Lipinski definition) is 3. The summed E-state index contributed by atoms with van der Waals surface area (Å²) in [5.41, 5.74) is 0.348. The summed E-state index contributed by atoms with van der Waals surface area (Å²) in [4.78, 5) is 15.5. The second-order valence-corrected chi connectivity index (χ2v) is 4.00. The lowest BCUT2D eigenvalue weighted by Gasteiger charge is -2.03. The Morgan fingerprint density at radius 3 is 2.93 bits per heavy atom. The summed E-state index contributed by atoms with van der Waals surface area (Å²) in [7, 11) is 0. The molecule has 15 heavy (non-hydrogen) atoms. The number of carbonyl (C=O) groups is 1. The van der Waals surface area contributed by atoms with Gasteiger partial charge in [0.1, 0.15) is 10.3 Å². The SMILES string of the molecule is CCCCCOC(=O)c1cccc(Br)n1. The second-order valence-electron chi connectivity index (χ2n) is 3.19. The van der Waals surface area contributed by atoms with E-state index in [4.69, 9.17) is 4.74 Å². The molecule has 0 N–H and O–H groups in total. The maximum atomic E-state index is 11.5. The molecule has 0 atom stereocenters. The van der Waals surface area contributed by atoms with Crippen molar-refractivity contribution in [1.82, 2.24) is 4.98 Å². The highest BCUT2D eigenvalue weighted by atomic mass is 79.9. The van der Waals surface area contributed by atoms with Gasteiger partial charge in [-0.25, -0.2) is 9.78 Å². The van der Waals surface area contributed by atoms with Crippen molar-refractivity contribution in [3.8, 4) is 0 Å². The van der Waals surface area contributed by atoms with Crippen LogP contribution in [0.5, 0.6) is 0 Å². The summed E-state index contributed by atoms with van der Waals surface area (Å²) in [6.45, 7) is 2.58. The van der Waals surface area contributed by atoms with Crippen LogP contribution in [0.15, 0.2) is 22.8 Å². The molecule has 0 aliphatic carbocycles. The van der Waals surface area contributed by atoms with Gasteiger partial charge < -0.3 is 4.74 Å². The fourth-order valence-electron chi connectivity index (χ4n) is 1.11. The summed E-state index contributed by atoms with van der Waals surface area (Å²) < 4.78 is 5.71. The predicted octanol–water partition coefficient (Wildman–Crippen LogP) is 3.19. The number of pyridine rings is 1. The number of hydrogen-bond donors (Lipinski definition) is 0. The zero-order valence-electron chi connectivity index (χ0n) is 8.70. The van der Waals surface area contributed by atoms with Gasteiger partial charge >= 0.3 is 5.97 Å². The topological polar surface area (TPSA) is 39.2 Å². The van der Waals surface area contributed by atoms with E-state index in [1.165, 1.54) is 0 Å². The van der Waals surface area contributed by atoms with Gasteiger partial charge in [-0.1, -0.05) is 25.8 Å². The van der Waals surface area contributed by atoms with E-state index in [1.807, 2.05) is 0 Å². The van der Waals surface area contributed by atoms with Crippen LogP contribution in [-0.4, -0.2) is 17.6 Å². The van der Waals surface area contributed by atoms with Crippen LogP contribution >= 0.6 is 15.9 Å². The average molecular weight is 272 g/mol. The van der Waals surface area contributed by atoms with Crippen LogP contribution in [0, 0.1) is 0 Å². The summed E-state index contributed by atoms with van der Waals surface area (Å²) in [5.74, 6) is -0.354. The molecule has 1 aromatic rings. The van der Waals surface area contributed by atoms with Crippen LogP contribution in [0.2, 0.25) is 0 Å². The molecule has 0 saturated carbocycles. The lowest BCUT2D eigenvalue weighted by atomic mass is 10.3. The minimum Gasteiger partial charge on any atom is -0.461 e. The average Bonchev–Trinajstić information content (AvgIpc) is 2.24. The van der Waals surface area contributed by atoms with E-state index in [9.17, 15) is 4.79 Å². The van der Waals surface area contributed by atoms with Crippen molar-refractivity contribution in [3.05, 3.63) is 28.5 Å². The Kier molecular flexibility index (Phi) is 5.32. The van der Waals surface area contributed by atoms with Gasteiger partial charge in [0.25, 0.3) is 0 Å². The Morgan fingerprint density at radius 1 is 1.47 bits per heavy atom. The number of unbranched alkanes of at least 4 members (excludes halogenated alkanes) is 2. The molecule has 0 spiro atoms. The quantitative estimate of drug-likeness (QED) is 0.469. The molecule has 1 rings (SSSR count). The third-order valence-corrected chi connectivity index (χ3v) is 2.35. The van der Waals surface area contributed by atoms with Crippen molar-refractivity contribution < 1.29 is 9.53 Å². The fourth-order valence-corrected chi connectivity index (χ4v) is 1.46. The van der Waals surface area contributed by atoms with Crippen molar-refractivity contribution in [2.24, 2.45) is 0 Å². The number of halogens is 1. The number of aromatic nitrogens is 1. The van der Waals surface area contributed by atoms with Gasteiger partial charge in [0.05, 0.1) is 6.61 Å². The van der Waals surface area contributed by atoms with Crippen LogP contribution in [0.1, 0.15) is 36.7 Å². The normalized spacial score (nSPS) is 10.0. The maximum Gasteiger partial charge on any atom is 0.356 e. The minimum absolute atomic E-state index is 0.348. The summed E-state index contributed by atoms with van der Waals surface area (Å²) in [6.07, 6.45) is 3.11. The molecule has 0 saturated heterocycles. The molecule has 82 valence electrons. The fraction of sp³-hybridized carbons (Fsp3) is 0.455. The number of rotatable bonds is 5. The Balaban J connectivity index is 2.40. The van der Waals surface area contributed by atoms with Gasteiger partial charge in [0.2, 0.25) is 0 Å². The zero-order valence-corrected chi connectivity index (χ0v) is 10.3. The first-order valence-corrected chi connectivity index (χ1v) is 5.83. The Morgan fingerprint density at radius 2 is 2.27 bits per heavy atom. The molecular weight excluding hydrogens is 258 g/mol. The van der Waals surface area contributed by atoms with Gasteiger partial charge in [0.15, 0.2) is 0 Å². The van der Waals surface area contributed by atoms with Crippen molar-refractivity contribution in [1.29, 1.82) is 0 Å². The van der Waals surface area contributed by atoms with Crippen molar-refractivity contribution in [3.63, 3.8) is 0 Å². The molecule has 3 nitrogen and oxygen atoms in total. The van der Waals surface area contributed by atoms with Crippen molar-refractivity contribution >= 4 is 21.9 Å². The standard InChI is InChI=1S/C11H14BrNO2/c1-2-3-4-8-15-11(14)9-6-5-7-10(12)13-9/h5-7H,2-4,8H2,1H3. The van der Waals surface area contributed by atoms with Crippen LogP contribution in [0.4, 0.5) is 0 Å². The first kappa shape index (κ1) is 12.2. The van der Waals surface area contributed by atoms with Gasteiger partial charge in [-0.15, -0.1) is 0 Å². The molecule has 0 aliphatic heterocycles. The molecule has 1 aromatic heterocycles. The summed E-state index contributed by atoms with van der Waals surface area (Å²) in [5, 5.41) is 0. The number of esters is 1. The largest absolute Gasteiger partial charge is 0.461 e. The van der Waals surface area contributed by atoms with Gasteiger partial charge in [-0.3, -0.25) is 0 Å². The van der Waals surface area contributed by atoms with E-state index in [-0.39, 0.29) is 5.97 Å². The van der Waals surface area contributed by atoms with Crippen molar-refractivity contribution in [2.45, 2.75) is 26.2 Å². The molecule has 0 radical (unpaired) electrons. The van der Waals surface area contributed by atoms with Gasteiger partial charge in [0, 0.05) is 0 Å². The van der Waals surface area contributed by atoms with E-state index in [1.54, 1.807) is 18.2 Å². The maximum absolute atomic E-state index is 11.5. The molecule has 0 aliphatic rings. The molecular formula is C11H14BrNO2. The van der Waals surface area contributed by atoms with Crippen LogP contribution < -0.4 is 0 Å². The molecule has 0 amide bonds. The van der Waals surface area contributed by atoms with Crippen LogP contribution in [0.25, 0.3) is 0 Å². The molecule has 1 heterocycles. The zero-order chi connectivity index (χ0) is 11.1. The first-order chi connectivity index (χ1) is 7.24. The summed E-state index contributed by atoms with van der Waals surface area (Å²) >= 11 is 3.20. The monoisotopic (exact) mass is 271 g/mol. The molecule has 0 bridgehead atoms. The van der Waals surface area contributed by atoms with E-state index in [2.05, 4.69) is 27.8 Å². The third-order valence-electron chi connectivity index (χ3n) is 1.91. The van der Waals surface area contributed by atoms with E-state index in [0.29, 0.717) is 16.9 Å². The Hall–Kier alpha value is -0.900. The first-order valence-electron chi connectivity index (χ1n) is 5.03. The minimum atomic E-state index is -0.354. The van der Waals surface area contributed by atoms with E-state index in [0.717, 1.165) is 19.3 Å². The lowest BCUT2D eigenvalue weighted by molar-refractivity contribution is 0.0491. The molecule has 0 fully saturated rings. The van der Waals surface area contributed by atoms with E-state index >= 15 is 0 Å². The number of ether oxygens (including phenoxy) is 1. The second kappa shape index (κ2) is 6.56. The van der Waals surface area contributed by atoms with Crippen LogP contribution in [-0.2, 0) is 4.74 Å². The van der Waals surface area contributed by atoms with Gasteiger partial charge in [-0.05, 0) is 34.5 Å². The smallest absolute Gasteiger partial charge is 0.356 e. The predicted molar refractivity (Wildman–Crippen MR) is 61.7 cm³/mol. The number of nitrogens with zero attached hydrogens (tertiary/aromatic N) is 1. The Labute approximate surface area is 98.0 Å². The lowest BCUT2D eigenvalue weighted by Crippen LogP contribution is -2.08. The number of carbonyl (C=O) groups excluding carboxylic acids is 1. The third kappa shape index (κ3) is 4.42.